The molecule has 0 heterocycles. The molecule has 0 spiro atoms. The molecular weight excluding hydrogens is 180 g/mol. The predicted molar refractivity (Wildman–Crippen MR) is 50.7 cm³/mol. The average Bonchev–Trinajstić information content (AvgIpc) is 1.97. The molecule has 0 radical (unpaired) electrons. The van der Waals surface area contributed by atoms with E-state index in [4.69, 9.17) is 11.6 Å². The lowest BCUT2D eigenvalue weighted by molar-refractivity contribution is 0.469. The van der Waals surface area contributed by atoms with Gasteiger partial charge in [0.1, 0.15) is 5.75 Å². The number of phenolic OH excluding ortho intramolecular Hbond substituents is 1. The summed E-state index contributed by atoms with van der Waals surface area (Å²) in [6.45, 7) is 0. The Labute approximate surface area is 76.4 Å². The summed E-state index contributed by atoms with van der Waals surface area (Å²) in [6, 6.07) is 5.12. The first-order valence-corrected chi connectivity index (χ1v) is 4.34. The van der Waals surface area contributed by atoms with Crippen molar-refractivity contribution in [1.82, 2.24) is 0 Å². The molecule has 1 N–H and O–H groups in total. The van der Waals surface area contributed by atoms with Gasteiger partial charge in [0.2, 0.25) is 0 Å². The Morgan fingerprint density at radius 2 is 2.18 bits per heavy atom. The molecule has 0 unspecified atom stereocenters. The van der Waals surface area contributed by atoms with Crippen molar-refractivity contribution < 1.29 is 5.11 Å². The Hall–Kier alpha value is -0.340. The number of thiol groups is 1. The number of hydrogen-bond donors (Lipinski definition) is 2. The minimum Gasteiger partial charge on any atom is -0.508 e. The van der Waals surface area contributed by atoms with Gasteiger partial charge in [-0.15, -0.1) is 0 Å². The standard InChI is InChI=1S/C8H9ClOS/c9-7-2-1-3-8(10)6(7)4-5-11/h1-3,10-11H,4-5H2. The predicted octanol–water partition coefficient (Wildman–Crippen LogP) is 2.52. The third kappa shape index (κ3) is 2.04. The van der Waals surface area contributed by atoms with E-state index in [1.54, 1.807) is 18.2 Å². The summed E-state index contributed by atoms with van der Waals surface area (Å²) in [5.74, 6) is 0.948. The van der Waals surface area contributed by atoms with Crippen LogP contribution in [0.25, 0.3) is 0 Å². The normalized spacial score (nSPS) is 10.0. The van der Waals surface area contributed by atoms with Crippen LogP contribution in [-0.4, -0.2) is 10.9 Å². The fraction of sp³-hybridized carbons (Fsp3) is 0.250. The second kappa shape index (κ2) is 3.88. The number of aromatic hydroxyl groups is 1. The van der Waals surface area contributed by atoms with Crippen LogP contribution in [0.5, 0.6) is 5.75 Å². The van der Waals surface area contributed by atoms with Gasteiger partial charge < -0.3 is 5.11 Å². The fourth-order valence-corrected chi connectivity index (χ4v) is 1.39. The highest BCUT2D eigenvalue weighted by atomic mass is 35.5. The maximum absolute atomic E-state index is 9.30. The number of hydrogen-bond acceptors (Lipinski definition) is 2. The summed E-state index contributed by atoms with van der Waals surface area (Å²) in [5, 5.41) is 9.91. The van der Waals surface area contributed by atoms with E-state index in [9.17, 15) is 5.11 Å². The second-order valence-electron chi connectivity index (χ2n) is 2.21. The summed E-state index contributed by atoms with van der Waals surface area (Å²) in [4.78, 5) is 0. The highest BCUT2D eigenvalue weighted by Crippen LogP contribution is 2.25. The van der Waals surface area contributed by atoms with Crippen molar-refractivity contribution >= 4 is 24.2 Å². The molecule has 0 amide bonds. The molecule has 0 aliphatic heterocycles. The second-order valence-corrected chi connectivity index (χ2v) is 3.07. The van der Waals surface area contributed by atoms with Crippen molar-refractivity contribution in [3.8, 4) is 5.75 Å². The Balaban J connectivity index is 3.00. The van der Waals surface area contributed by atoms with E-state index < -0.39 is 0 Å². The van der Waals surface area contributed by atoms with Gasteiger partial charge in [-0.2, -0.15) is 12.6 Å². The summed E-state index contributed by atoms with van der Waals surface area (Å²) in [7, 11) is 0. The van der Waals surface area contributed by atoms with Gasteiger partial charge in [-0.1, -0.05) is 17.7 Å². The van der Waals surface area contributed by atoms with Crippen molar-refractivity contribution in [2.45, 2.75) is 6.42 Å². The first kappa shape index (κ1) is 8.75. The molecule has 1 nitrogen and oxygen atoms in total. The minimum atomic E-state index is 0.256. The number of benzene rings is 1. The third-order valence-corrected chi connectivity index (χ3v) is 2.03. The van der Waals surface area contributed by atoms with Gasteiger partial charge in [-0.3, -0.25) is 0 Å². The topological polar surface area (TPSA) is 20.2 Å². The minimum absolute atomic E-state index is 0.256. The quantitative estimate of drug-likeness (QED) is 0.684. The zero-order valence-corrected chi connectivity index (χ0v) is 7.57. The van der Waals surface area contributed by atoms with E-state index in [0.29, 0.717) is 17.2 Å². The molecule has 0 atom stereocenters. The lowest BCUT2D eigenvalue weighted by atomic mass is 10.1. The summed E-state index contributed by atoms with van der Waals surface area (Å²) in [5.41, 5.74) is 0.782. The lowest BCUT2D eigenvalue weighted by Gasteiger charge is -2.03. The lowest BCUT2D eigenvalue weighted by Crippen LogP contribution is -1.87. The van der Waals surface area contributed by atoms with Crippen LogP contribution in [-0.2, 0) is 6.42 Å². The molecule has 11 heavy (non-hydrogen) atoms. The first-order chi connectivity index (χ1) is 5.25. The molecule has 60 valence electrons. The molecule has 1 aromatic carbocycles. The highest BCUT2D eigenvalue weighted by molar-refractivity contribution is 7.80. The highest BCUT2D eigenvalue weighted by Gasteiger charge is 2.03. The van der Waals surface area contributed by atoms with Crippen molar-refractivity contribution in [2.75, 3.05) is 5.75 Å². The Kier molecular flexibility index (Phi) is 3.09. The zero-order valence-electron chi connectivity index (χ0n) is 5.92. The van der Waals surface area contributed by atoms with Gasteiger partial charge in [0.25, 0.3) is 0 Å². The van der Waals surface area contributed by atoms with E-state index in [2.05, 4.69) is 12.6 Å². The number of halogens is 1. The van der Waals surface area contributed by atoms with Gasteiger partial charge in [-0.05, 0) is 24.3 Å². The molecule has 3 heteroatoms. The number of rotatable bonds is 2. The number of phenols is 1. The zero-order chi connectivity index (χ0) is 8.27. The average molecular weight is 189 g/mol. The van der Waals surface area contributed by atoms with E-state index in [-0.39, 0.29) is 5.75 Å². The van der Waals surface area contributed by atoms with Crippen molar-refractivity contribution in [1.29, 1.82) is 0 Å². The monoisotopic (exact) mass is 188 g/mol. The summed E-state index contributed by atoms with van der Waals surface area (Å²) < 4.78 is 0. The molecule has 0 aromatic heterocycles. The first-order valence-electron chi connectivity index (χ1n) is 3.33. The SMILES string of the molecule is Oc1cccc(Cl)c1CCS. The van der Waals surface area contributed by atoms with Gasteiger partial charge in [0.05, 0.1) is 0 Å². The van der Waals surface area contributed by atoms with Crippen molar-refractivity contribution in [3.63, 3.8) is 0 Å². The summed E-state index contributed by atoms with van der Waals surface area (Å²) in [6.07, 6.45) is 0.703. The van der Waals surface area contributed by atoms with Crippen LogP contribution in [0, 0.1) is 0 Å². The van der Waals surface area contributed by atoms with Crippen molar-refractivity contribution in [3.05, 3.63) is 28.8 Å². The Bertz CT molecular complexity index is 230. The van der Waals surface area contributed by atoms with Crippen LogP contribution < -0.4 is 0 Å². The summed E-state index contributed by atoms with van der Waals surface area (Å²) >= 11 is 9.87. The Morgan fingerprint density at radius 3 is 2.73 bits per heavy atom. The van der Waals surface area contributed by atoms with Crippen LogP contribution in [0.1, 0.15) is 5.56 Å². The molecule has 1 aromatic rings. The molecular formula is C8H9ClOS. The van der Waals surface area contributed by atoms with E-state index in [1.165, 1.54) is 0 Å². The smallest absolute Gasteiger partial charge is 0.120 e. The van der Waals surface area contributed by atoms with Gasteiger partial charge in [0, 0.05) is 10.6 Å². The van der Waals surface area contributed by atoms with Gasteiger partial charge in [0.15, 0.2) is 0 Å². The van der Waals surface area contributed by atoms with E-state index in [0.717, 1.165) is 5.56 Å². The van der Waals surface area contributed by atoms with Crippen LogP contribution >= 0.6 is 24.2 Å². The molecule has 0 fully saturated rings. The van der Waals surface area contributed by atoms with Crippen LogP contribution in [0.15, 0.2) is 18.2 Å². The van der Waals surface area contributed by atoms with E-state index >= 15 is 0 Å². The maximum atomic E-state index is 9.30. The van der Waals surface area contributed by atoms with E-state index in [1.807, 2.05) is 0 Å². The molecule has 0 aliphatic rings. The van der Waals surface area contributed by atoms with Crippen LogP contribution in [0.2, 0.25) is 5.02 Å². The Morgan fingerprint density at radius 1 is 1.45 bits per heavy atom. The fourth-order valence-electron chi connectivity index (χ4n) is 0.907. The third-order valence-electron chi connectivity index (χ3n) is 1.46. The molecule has 0 bridgehead atoms. The van der Waals surface area contributed by atoms with Crippen LogP contribution in [0.4, 0.5) is 0 Å². The largest absolute Gasteiger partial charge is 0.508 e. The molecule has 0 saturated heterocycles. The van der Waals surface area contributed by atoms with Crippen LogP contribution in [0.3, 0.4) is 0 Å². The van der Waals surface area contributed by atoms with Gasteiger partial charge >= 0.3 is 0 Å². The molecule has 0 aliphatic carbocycles. The van der Waals surface area contributed by atoms with Crippen molar-refractivity contribution in [2.24, 2.45) is 0 Å². The molecule has 0 saturated carbocycles. The molecule has 1 rings (SSSR count). The van der Waals surface area contributed by atoms with Gasteiger partial charge in [-0.25, -0.2) is 0 Å². The maximum Gasteiger partial charge on any atom is 0.120 e.